The molecule has 0 aliphatic carbocycles. The van der Waals surface area contributed by atoms with Crippen molar-refractivity contribution in [3.63, 3.8) is 0 Å². The van der Waals surface area contributed by atoms with E-state index in [1.54, 1.807) is 6.07 Å². The Morgan fingerprint density at radius 3 is 2.22 bits per heavy atom. The van der Waals surface area contributed by atoms with Gasteiger partial charge in [0.2, 0.25) is 0 Å². The number of rotatable bonds is 3. The van der Waals surface area contributed by atoms with E-state index < -0.39 is 17.7 Å². The number of piperazine rings is 1. The molecule has 23 heavy (non-hydrogen) atoms. The fraction of sp³-hybridized carbons (Fsp3) is 0.333. The smallest absolute Gasteiger partial charge is 0.132 e. The third kappa shape index (κ3) is 4.16. The van der Waals surface area contributed by atoms with Crippen LogP contribution in [0.4, 0.5) is 8.78 Å². The van der Waals surface area contributed by atoms with E-state index in [4.69, 9.17) is 23.2 Å². The first-order valence-electron chi connectivity index (χ1n) is 6.90. The maximum atomic E-state index is 14.4. The van der Waals surface area contributed by atoms with Gasteiger partial charge >= 0.3 is 0 Å². The van der Waals surface area contributed by atoms with Crippen LogP contribution in [0, 0.1) is 11.6 Å². The second kappa shape index (κ2) is 8.10. The van der Waals surface area contributed by atoms with Crippen molar-refractivity contribution >= 4 is 46.9 Å². The van der Waals surface area contributed by atoms with E-state index >= 15 is 0 Å². The average Bonchev–Trinajstić information content (AvgIpc) is 2.89. The molecule has 8 heteroatoms. The molecule has 2 heterocycles. The van der Waals surface area contributed by atoms with Gasteiger partial charge in [0.15, 0.2) is 0 Å². The zero-order valence-corrected chi connectivity index (χ0v) is 15.1. The molecule has 0 saturated carbocycles. The molecule has 0 unspecified atom stereocenters. The summed E-state index contributed by atoms with van der Waals surface area (Å²) in [5, 5.41) is 3.30. The molecule has 3 rings (SSSR count). The summed E-state index contributed by atoms with van der Waals surface area (Å²) in [5.74, 6) is -1.25. The Balaban J connectivity index is 0.00000192. The van der Waals surface area contributed by atoms with Gasteiger partial charge in [-0.25, -0.2) is 8.78 Å². The van der Waals surface area contributed by atoms with E-state index in [1.807, 2.05) is 6.07 Å². The molecule has 0 amide bonds. The summed E-state index contributed by atoms with van der Waals surface area (Å²) in [7, 11) is 0. The minimum atomic E-state index is -0.627. The van der Waals surface area contributed by atoms with Crippen LogP contribution in [-0.4, -0.2) is 31.1 Å². The van der Waals surface area contributed by atoms with Gasteiger partial charge in [-0.15, -0.1) is 23.7 Å². The third-order valence-corrected chi connectivity index (χ3v) is 5.20. The molecule has 1 saturated heterocycles. The van der Waals surface area contributed by atoms with Crippen molar-refractivity contribution in [1.82, 2.24) is 10.2 Å². The molecule has 0 bridgehead atoms. The largest absolute Gasteiger partial charge is 0.314 e. The van der Waals surface area contributed by atoms with Crippen molar-refractivity contribution in [2.24, 2.45) is 0 Å². The van der Waals surface area contributed by atoms with Gasteiger partial charge in [0.05, 0.1) is 10.4 Å². The van der Waals surface area contributed by atoms with Crippen molar-refractivity contribution in [1.29, 1.82) is 0 Å². The molecule has 1 aliphatic rings. The fourth-order valence-corrected chi connectivity index (χ4v) is 4.13. The van der Waals surface area contributed by atoms with Crippen LogP contribution in [0.25, 0.3) is 0 Å². The van der Waals surface area contributed by atoms with E-state index in [2.05, 4.69) is 10.2 Å². The number of hydrogen-bond acceptors (Lipinski definition) is 3. The monoisotopic (exact) mass is 398 g/mol. The first-order valence-corrected chi connectivity index (χ1v) is 8.48. The standard InChI is InChI=1S/C15H14Cl2F2N2S.ClH/c16-9-7-10(18)14(11(19)8-9)15(12-1-2-13(17)22-12)21-5-3-20-4-6-21;/h1-2,7-8,15,20H,3-6H2;1H/t15-;/m1./s1. The van der Waals surface area contributed by atoms with Gasteiger partial charge < -0.3 is 5.32 Å². The average molecular weight is 400 g/mol. The summed E-state index contributed by atoms with van der Waals surface area (Å²) in [5.41, 5.74) is 0.0322. The number of benzene rings is 1. The number of hydrogen-bond donors (Lipinski definition) is 1. The molecule has 1 N–H and O–H groups in total. The van der Waals surface area contributed by atoms with Gasteiger partial charge in [-0.1, -0.05) is 23.2 Å². The molecule has 2 aromatic rings. The Morgan fingerprint density at radius 1 is 1.09 bits per heavy atom. The van der Waals surface area contributed by atoms with Crippen LogP contribution < -0.4 is 5.32 Å². The Kier molecular flexibility index (Phi) is 6.66. The molecular weight excluding hydrogens is 385 g/mol. The number of halogens is 5. The van der Waals surface area contributed by atoms with Gasteiger partial charge in [0, 0.05) is 41.6 Å². The van der Waals surface area contributed by atoms with Gasteiger partial charge in [-0.2, -0.15) is 0 Å². The highest BCUT2D eigenvalue weighted by molar-refractivity contribution is 7.16. The van der Waals surface area contributed by atoms with Crippen molar-refractivity contribution in [2.75, 3.05) is 26.2 Å². The van der Waals surface area contributed by atoms with E-state index in [0.29, 0.717) is 17.4 Å². The van der Waals surface area contributed by atoms with Crippen LogP contribution in [0.3, 0.4) is 0 Å². The molecule has 0 radical (unpaired) electrons. The minimum Gasteiger partial charge on any atom is -0.314 e. The van der Waals surface area contributed by atoms with E-state index in [1.165, 1.54) is 11.3 Å². The predicted molar refractivity (Wildman–Crippen MR) is 94.2 cm³/mol. The lowest BCUT2D eigenvalue weighted by molar-refractivity contribution is 0.194. The number of thiophene rings is 1. The van der Waals surface area contributed by atoms with Crippen molar-refractivity contribution in [3.8, 4) is 0 Å². The van der Waals surface area contributed by atoms with Gasteiger partial charge in [-0.05, 0) is 24.3 Å². The Morgan fingerprint density at radius 2 is 1.70 bits per heavy atom. The summed E-state index contributed by atoms with van der Waals surface area (Å²) in [6, 6.07) is 5.40. The maximum Gasteiger partial charge on any atom is 0.132 e. The molecule has 126 valence electrons. The molecular formula is C15H15Cl3F2N2S. The normalized spacial score (nSPS) is 16.9. The zero-order chi connectivity index (χ0) is 15.7. The molecule has 1 atom stereocenters. The quantitative estimate of drug-likeness (QED) is 0.801. The SMILES string of the molecule is Cl.Fc1cc(Cl)cc(F)c1[C@@H](c1ccc(Cl)s1)N1CCNCC1. The third-order valence-electron chi connectivity index (χ3n) is 3.70. The lowest BCUT2D eigenvalue weighted by Gasteiger charge is -2.35. The molecule has 2 nitrogen and oxygen atoms in total. The van der Waals surface area contributed by atoms with E-state index in [9.17, 15) is 8.78 Å². The Bertz CT molecular complexity index is 651. The van der Waals surface area contributed by atoms with Crippen LogP contribution in [0.5, 0.6) is 0 Å². The first-order chi connectivity index (χ1) is 10.6. The van der Waals surface area contributed by atoms with Crippen molar-refractivity contribution in [3.05, 3.63) is 55.7 Å². The zero-order valence-electron chi connectivity index (χ0n) is 12.0. The number of nitrogens with zero attached hydrogens (tertiary/aromatic N) is 1. The molecule has 1 fully saturated rings. The van der Waals surface area contributed by atoms with Crippen LogP contribution in [-0.2, 0) is 0 Å². The van der Waals surface area contributed by atoms with Crippen molar-refractivity contribution in [2.45, 2.75) is 6.04 Å². The molecule has 1 aliphatic heterocycles. The van der Waals surface area contributed by atoms with Crippen LogP contribution in [0.2, 0.25) is 9.36 Å². The Hall–Kier alpha value is -0.430. The predicted octanol–water partition coefficient (Wildman–Crippen LogP) is 4.75. The second-order valence-electron chi connectivity index (χ2n) is 5.11. The Labute approximate surface area is 153 Å². The lowest BCUT2D eigenvalue weighted by atomic mass is 10.0. The van der Waals surface area contributed by atoms with Gasteiger partial charge in [0.1, 0.15) is 11.6 Å². The van der Waals surface area contributed by atoms with Crippen LogP contribution in [0.15, 0.2) is 24.3 Å². The number of nitrogens with one attached hydrogen (secondary N) is 1. The first kappa shape index (κ1) is 18.9. The van der Waals surface area contributed by atoms with Gasteiger partial charge in [0.25, 0.3) is 0 Å². The molecule has 1 aromatic heterocycles. The van der Waals surface area contributed by atoms with E-state index in [-0.39, 0.29) is 23.0 Å². The van der Waals surface area contributed by atoms with Crippen LogP contribution >= 0.6 is 46.9 Å². The fourth-order valence-electron chi connectivity index (χ4n) is 2.73. The minimum absolute atomic E-state index is 0. The molecule has 0 spiro atoms. The second-order valence-corrected chi connectivity index (χ2v) is 7.30. The summed E-state index contributed by atoms with van der Waals surface area (Å²) < 4.78 is 29.4. The van der Waals surface area contributed by atoms with E-state index in [0.717, 1.165) is 30.1 Å². The van der Waals surface area contributed by atoms with Crippen molar-refractivity contribution < 1.29 is 8.78 Å². The van der Waals surface area contributed by atoms with Gasteiger partial charge in [-0.3, -0.25) is 4.90 Å². The summed E-state index contributed by atoms with van der Waals surface area (Å²) in [6.07, 6.45) is 0. The highest BCUT2D eigenvalue weighted by atomic mass is 35.5. The lowest BCUT2D eigenvalue weighted by Crippen LogP contribution is -2.45. The molecule has 1 aromatic carbocycles. The van der Waals surface area contributed by atoms with Crippen LogP contribution in [0.1, 0.15) is 16.5 Å². The maximum absolute atomic E-state index is 14.4. The highest BCUT2D eigenvalue weighted by Crippen LogP contribution is 2.38. The summed E-state index contributed by atoms with van der Waals surface area (Å²) >= 11 is 13.1. The summed E-state index contributed by atoms with van der Waals surface area (Å²) in [4.78, 5) is 2.89. The topological polar surface area (TPSA) is 15.3 Å². The highest BCUT2D eigenvalue weighted by Gasteiger charge is 2.30. The summed E-state index contributed by atoms with van der Waals surface area (Å²) in [6.45, 7) is 2.99.